The fraction of sp³-hybridized carbons (Fsp3) is 0.700. The van der Waals surface area contributed by atoms with Crippen LogP contribution in [0.1, 0.15) is 18.7 Å². The van der Waals surface area contributed by atoms with Crippen molar-refractivity contribution in [3.05, 3.63) is 11.1 Å². The van der Waals surface area contributed by atoms with Crippen molar-refractivity contribution in [3.63, 3.8) is 0 Å². The van der Waals surface area contributed by atoms with Crippen LogP contribution < -0.4 is 11.5 Å². The van der Waals surface area contributed by atoms with Crippen LogP contribution in [0.15, 0.2) is 6.20 Å². The molecule has 0 saturated heterocycles. The third-order valence-corrected chi connectivity index (χ3v) is 3.06. The average Bonchev–Trinajstić information content (AvgIpc) is 2.50. The maximum atomic E-state index is 5.70. The summed E-state index contributed by atoms with van der Waals surface area (Å²) in [6, 6.07) is 0. The van der Waals surface area contributed by atoms with E-state index in [9.17, 15) is 0 Å². The van der Waals surface area contributed by atoms with Crippen LogP contribution in [-0.4, -0.2) is 30.0 Å². The number of nitrogen functional groups attached to an aromatic ring is 1. The molecule has 17 heavy (non-hydrogen) atoms. The van der Waals surface area contributed by atoms with Crippen molar-refractivity contribution in [3.8, 4) is 0 Å². The van der Waals surface area contributed by atoms with E-state index in [0.29, 0.717) is 11.7 Å². The molecule has 7 heteroatoms. The number of halogens is 2. The molecule has 1 heterocycles. The molecule has 0 amide bonds. The molecule has 1 rings (SSSR count). The maximum absolute atomic E-state index is 5.70. The van der Waals surface area contributed by atoms with Gasteiger partial charge in [-0.25, -0.2) is 4.98 Å². The van der Waals surface area contributed by atoms with Crippen molar-refractivity contribution in [2.75, 3.05) is 25.9 Å². The molecular formula is C10H22Cl2N4S. The average molecular weight is 301 g/mol. The van der Waals surface area contributed by atoms with E-state index >= 15 is 0 Å². The Morgan fingerprint density at radius 3 is 2.41 bits per heavy atom. The van der Waals surface area contributed by atoms with Crippen LogP contribution >= 0.6 is 36.2 Å². The Bertz CT molecular complexity index is 317. The highest BCUT2D eigenvalue weighted by atomic mass is 35.5. The molecule has 1 aromatic heterocycles. The topological polar surface area (TPSA) is 68.2 Å². The fourth-order valence-electron chi connectivity index (χ4n) is 1.51. The summed E-state index contributed by atoms with van der Waals surface area (Å²) in [7, 11) is 2.09. The van der Waals surface area contributed by atoms with E-state index in [1.165, 1.54) is 4.88 Å². The number of hydrogen-bond donors (Lipinski definition) is 2. The minimum atomic E-state index is 0. The summed E-state index contributed by atoms with van der Waals surface area (Å²) in [5, 5.41) is 0.636. The highest BCUT2D eigenvalue weighted by molar-refractivity contribution is 7.15. The quantitative estimate of drug-likeness (QED) is 0.872. The van der Waals surface area contributed by atoms with Crippen LogP contribution in [0.5, 0.6) is 0 Å². The van der Waals surface area contributed by atoms with Gasteiger partial charge in [-0.2, -0.15) is 0 Å². The Morgan fingerprint density at radius 1 is 1.41 bits per heavy atom. The van der Waals surface area contributed by atoms with Gasteiger partial charge >= 0.3 is 0 Å². The smallest absolute Gasteiger partial charge is 0.180 e. The normalized spacial score (nSPS) is 10.9. The lowest BCUT2D eigenvalue weighted by atomic mass is 9.93. The van der Waals surface area contributed by atoms with Gasteiger partial charge in [0.2, 0.25) is 0 Å². The van der Waals surface area contributed by atoms with Gasteiger partial charge in [0.05, 0.1) is 0 Å². The zero-order valence-corrected chi connectivity index (χ0v) is 12.9. The maximum Gasteiger partial charge on any atom is 0.180 e. The van der Waals surface area contributed by atoms with Crippen LogP contribution in [0.3, 0.4) is 0 Å². The van der Waals surface area contributed by atoms with Crippen LogP contribution in [-0.2, 0) is 6.54 Å². The van der Waals surface area contributed by atoms with Crippen LogP contribution in [0.2, 0.25) is 0 Å². The summed E-state index contributed by atoms with van der Waals surface area (Å²) < 4.78 is 0. The standard InChI is InChI=1S/C10H20N4S.2ClH/c1-10(2,6-11)7-14(3)5-8-4-13-9(12)15-8;;/h4H,5-7,11H2,1-3H3,(H2,12,13);2*1H. The molecule has 0 aliphatic heterocycles. The fourth-order valence-corrected chi connectivity index (χ4v) is 2.28. The van der Waals surface area contributed by atoms with E-state index in [0.717, 1.165) is 13.1 Å². The molecule has 0 unspecified atom stereocenters. The molecule has 0 bridgehead atoms. The zero-order valence-electron chi connectivity index (χ0n) is 10.5. The predicted molar refractivity (Wildman–Crippen MR) is 80.2 cm³/mol. The zero-order chi connectivity index (χ0) is 11.5. The van der Waals surface area contributed by atoms with Gasteiger partial charge in [0.15, 0.2) is 5.13 Å². The summed E-state index contributed by atoms with van der Waals surface area (Å²) in [6.45, 7) is 6.90. The van der Waals surface area contributed by atoms with E-state index in [2.05, 4.69) is 30.8 Å². The van der Waals surface area contributed by atoms with Gasteiger partial charge in [-0.3, -0.25) is 0 Å². The number of hydrogen-bond acceptors (Lipinski definition) is 5. The molecule has 0 atom stereocenters. The lowest BCUT2D eigenvalue weighted by molar-refractivity contribution is 0.211. The molecule has 0 fully saturated rings. The van der Waals surface area contributed by atoms with Gasteiger partial charge in [0.25, 0.3) is 0 Å². The summed E-state index contributed by atoms with van der Waals surface area (Å²) >= 11 is 1.54. The van der Waals surface area contributed by atoms with Crippen LogP contribution in [0.4, 0.5) is 5.13 Å². The monoisotopic (exact) mass is 300 g/mol. The number of aromatic nitrogens is 1. The van der Waals surface area contributed by atoms with Gasteiger partial charge < -0.3 is 16.4 Å². The summed E-state index contributed by atoms with van der Waals surface area (Å²) in [4.78, 5) is 7.48. The molecule has 0 aromatic carbocycles. The number of nitrogens with zero attached hydrogens (tertiary/aromatic N) is 2. The first-order valence-electron chi connectivity index (χ1n) is 5.02. The lowest BCUT2D eigenvalue weighted by Gasteiger charge is -2.28. The molecule has 0 aliphatic carbocycles. The molecule has 1 aromatic rings. The molecule has 102 valence electrons. The Morgan fingerprint density at radius 2 is 2.00 bits per heavy atom. The van der Waals surface area contributed by atoms with Crippen LogP contribution in [0, 0.1) is 5.41 Å². The highest BCUT2D eigenvalue weighted by Gasteiger charge is 2.18. The first kappa shape index (κ1) is 19.3. The molecule has 0 spiro atoms. The van der Waals surface area contributed by atoms with Gasteiger partial charge in [-0.15, -0.1) is 36.2 Å². The van der Waals surface area contributed by atoms with Crippen molar-refractivity contribution in [2.45, 2.75) is 20.4 Å². The third-order valence-electron chi connectivity index (χ3n) is 2.25. The predicted octanol–water partition coefficient (Wildman–Crippen LogP) is 1.99. The summed E-state index contributed by atoms with van der Waals surface area (Å²) in [6.07, 6.45) is 1.84. The molecule has 0 saturated carbocycles. The largest absolute Gasteiger partial charge is 0.375 e. The minimum Gasteiger partial charge on any atom is -0.375 e. The number of anilines is 1. The number of thiazole rings is 1. The molecule has 4 nitrogen and oxygen atoms in total. The summed E-state index contributed by atoms with van der Waals surface area (Å²) in [5.41, 5.74) is 11.4. The second-order valence-corrected chi connectivity index (χ2v) is 5.85. The number of nitrogens with two attached hydrogens (primary N) is 2. The SMILES string of the molecule is CN(Cc1cnc(N)s1)CC(C)(C)CN.Cl.Cl. The molecular weight excluding hydrogens is 279 g/mol. The van der Waals surface area contributed by atoms with E-state index < -0.39 is 0 Å². The van der Waals surface area contributed by atoms with Gasteiger partial charge in [-0.1, -0.05) is 13.8 Å². The van der Waals surface area contributed by atoms with Crippen molar-refractivity contribution in [1.29, 1.82) is 0 Å². The Kier molecular flexibility index (Phi) is 9.19. The second-order valence-electron chi connectivity index (χ2n) is 4.71. The van der Waals surface area contributed by atoms with Gasteiger partial charge in [-0.05, 0) is 19.0 Å². The van der Waals surface area contributed by atoms with Crippen molar-refractivity contribution in [2.24, 2.45) is 11.1 Å². The summed E-state index contributed by atoms with van der Waals surface area (Å²) in [5.74, 6) is 0. The molecule has 0 aliphatic rings. The first-order chi connectivity index (χ1) is 6.93. The van der Waals surface area contributed by atoms with E-state index in [4.69, 9.17) is 11.5 Å². The van der Waals surface area contributed by atoms with E-state index in [1.807, 2.05) is 6.20 Å². The number of rotatable bonds is 5. The van der Waals surface area contributed by atoms with E-state index in [-0.39, 0.29) is 30.2 Å². The Balaban J connectivity index is 0. The highest BCUT2D eigenvalue weighted by Crippen LogP contribution is 2.19. The molecule has 0 radical (unpaired) electrons. The van der Waals surface area contributed by atoms with Crippen molar-refractivity contribution < 1.29 is 0 Å². The van der Waals surface area contributed by atoms with Gasteiger partial charge in [0.1, 0.15) is 0 Å². The Hall–Kier alpha value is -0.0700. The first-order valence-corrected chi connectivity index (χ1v) is 5.83. The second kappa shape index (κ2) is 8.11. The Labute approximate surface area is 120 Å². The van der Waals surface area contributed by atoms with Gasteiger partial charge in [0, 0.05) is 24.2 Å². The van der Waals surface area contributed by atoms with E-state index in [1.54, 1.807) is 11.3 Å². The third kappa shape index (κ3) is 7.06. The minimum absolute atomic E-state index is 0. The van der Waals surface area contributed by atoms with Crippen molar-refractivity contribution >= 4 is 41.3 Å². The lowest BCUT2D eigenvalue weighted by Crippen LogP contribution is -2.36. The van der Waals surface area contributed by atoms with Crippen LogP contribution in [0.25, 0.3) is 0 Å². The van der Waals surface area contributed by atoms with Crippen molar-refractivity contribution in [1.82, 2.24) is 9.88 Å². The molecule has 4 N–H and O–H groups in total.